The van der Waals surface area contributed by atoms with Gasteiger partial charge in [-0.05, 0) is 23.8 Å². The van der Waals surface area contributed by atoms with E-state index in [1.54, 1.807) is 36.5 Å². The van der Waals surface area contributed by atoms with E-state index in [1.165, 1.54) is 26.8 Å². The van der Waals surface area contributed by atoms with Gasteiger partial charge in [0.2, 0.25) is 17.4 Å². The minimum atomic E-state index is -5.19. The summed E-state index contributed by atoms with van der Waals surface area (Å²) >= 11 is 0. The first-order valence-electron chi connectivity index (χ1n) is 11.6. The zero-order valence-corrected chi connectivity index (χ0v) is 20.8. The van der Waals surface area contributed by atoms with Gasteiger partial charge in [0, 0.05) is 29.1 Å². The number of rotatable bonds is 5. The van der Waals surface area contributed by atoms with E-state index in [0.29, 0.717) is 17.3 Å². The topological polar surface area (TPSA) is 135 Å². The smallest absolute Gasteiger partial charge is 0.336 e. The number of nitrogens with one attached hydrogen (secondary N) is 3. The van der Waals surface area contributed by atoms with Crippen molar-refractivity contribution < 1.29 is 27.6 Å². The normalized spacial score (nSPS) is 19.7. The van der Waals surface area contributed by atoms with Gasteiger partial charge in [0.15, 0.2) is 0 Å². The zero-order valence-electron chi connectivity index (χ0n) is 20.8. The number of aromatic nitrogens is 1. The van der Waals surface area contributed by atoms with Gasteiger partial charge in [-0.2, -0.15) is 18.4 Å². The van der Waals surface area contributed by atoms with Crippen molar-refractivity contribution >= 4 is 28.6 Å². The molecule has 0 spiro atoms. The van der Waals surface area contributed by atoms with Crippen molar-refractivity contribution in [2.75, 3.05) is 6.54 Å². The van der Waals surface area contributed by atoms with Crippen LogP contribution in [-0.4, -0.2) is 52.4 Å². The number of aromatic amines is 1. The SMILES string of the molecule is C[C@H]1CCN(C(=O)[C@@H](NC(=O)C(F)(F)F)C(C)(C)C)[C@@H]1C(=O)N[C@@H](C#N)c1cc(=O)[nH]c2ccccc12. The number of pyridine rings is 1. The van der Waals surface area contributed by atoms with Crippen molar-refractivity contribution in [3.63, 3.8) is 0 Å². The van der Waals surface area contributed by atoms with E-state index in [9.17, 15) is 37.6 Å². The molecule has 0 radical (unpaired) electrons. The molecule has 0 aliphatic carbocycles. The number of carbonyl (C=O) groups excluding carboxylic acids is 3. The Balaban J connectivity index is 1.90. The van der Waals surface area contributed by atoms with Gasteiger partial charge in [0.05, 0.1) is 6.07 Å². The predicted molar refractivity (Wildman–Crippen MR) is 128 cm³/mol. The highest BCUT2D eigenvalue weighted by Gasteiger charge is 2.48. The van der Waals surface area contributed by atoms with E-state index >= 15 is 0 Å². The number of nitrogens with zero attached hydrogens (tertiary/aromatic N) is 2. The molecule has 12 heteroatoms. The van der Waals surface area contributed by atoms with Crippen LogP contribution in [0.4, 0.5) is 13.2 Å². The highest BCUT2D eigenvalue weighted by molar-refractivity contribution is 5.94. The van der Waals surface area contributed by atoms with E-state index in [1.807, 2.05) is 6.07 Å². The largest absolute Gasteiger partial charge is 0.471 e. The number of amides is 3. The number of hydrogen-bond donors (Lipinski definition) is 3. The Morgan fingerprint density at radius 3 is 2.41 bits per heavy atom. The molecule has 1 saturated heterocycles. The maximum Gasteiger partial charge on any atom is 0.471 e. The number of para-hydroxylation sites is 1. The van der Waals surface area contributed by atoms with Crippen LogP contribution in [0.1, 0.15) is 45.7 Å². The second-order valence-electron chi connectivity index (χ2n) is 10.2. The number of halogens is 3. The van der Waals surface area contributed by atoms with Crippen molar-refractivity contribution in [2.45, 2.75) is 58.4 Å². The van der Waals surface area contributed by atoms with Gasteiger partial charge in [-0.25, -0.2) is 0 Å². The number of likely N-dealkylation sites (tertiary alicyclic amines) is 1. The number of carbonyl (C=O) groups is 3. The monoisotopic (exact) mass is 519 g/mol. The number of hydrogen-bond acceptors (Lipinski definition) is 5. The second-order valence-corrected chi connectivity index (χ2v) is 10.2. The van der Waals surface area contributed by atoms with Crippen molar-refractivity contribution in [1.29, 1.82) is 5.26 Å². The van der Waals surface area contributed by atoms with Gasteiger partial charge in [-0.3, -0.25) is 19.2 Å². The third-order valence-corrected chi connectivity index (χ3v) is 6.41. The summed E-state index contributed by atoms with van der Waals surface area (Å²) in [5, 5.41) is 14.7. The summed E-state index contributed by atoms with van der Waals surface area (Å²) in [5.41, 5.74) is -0.824. The Morgan fingerprint density at radius 1 is 1.16 bits per heavy atom. The molecule has 3 amide bonds. The van der Waals surface area contributed by atoms with Crippen LogP contribution in [0.25, 0.3) is 10.9 Å². The summed E-state index contributed by atoms with van der Waals surface area (Å²) < 4.78 is 38.8. The molecular formula is C25H28F3N5O4. The molecule has 2 aromatic rings. The summed E-state index contributed by atoms with van der Waals surface area (Å²) in [6.07, 6.45) is -4.80. The average Bonchev–Trinajstić information content (AvgIpc) is 3.19. The molecule has 1 aliphatic heterocycles. The Bertz CT molecular complexity index is 1310. The van der Waals surface area contributed by atoms with E-state index in [2.05, 4.69) is 10.3 Å². The Labute approximate surface area is 211 Å². The molecule has 0 bridgehead atoms. The first kappa shape index (κ1) is 27.7. The second kappa shape index (κ2) is 10.2. The van der Waals surface area contributed by atoms with Crippen LogP contribution in [0.15, 0.2) is 35.1 Å². The summed E-state index contributed by atoms with van der Waals surface area (Å²) in [6.45, 7) is 6.30. The number of fused-ring (bicyclic) bond motifs is 1. The molecule has 1 aromatic carbocycles. The molecule has 4 atom stereocenters. The third kappa shape index (κ3) is 5.93. The lowest BCUT2D eigenvalue weighted by Crippen LogP contribution is -2.60. The van der Waals surface area contributed by atoms with Crippen LogP contribution in [0, 0.1) is 22.7 Å². The third-order valence-electron chi connectivity index (χ3n) is 6.41. The van der Waals surface area contributed by atoms with Crippen LogP contribution >= 0.6 is 0 Å². The molecule has 1 aromatic heterocycles. The first-order valence-corrected chi connectivity index (χ1v) is 11.6. The summed E-state index contributed by atoms with van der Waals surface area (Å²) in [6, 6.07) is 6.05. The standard InChI is InChI=1S/C25H28F3N5O4/c1-13-9-10-33(22(36)20(24(2,3)4)32-23(37)25(26,27)28)19(13)21(35)31-17(12-29)15-11-18(34)30-16-8-6-5-7-14(15)16/h5-8,11,13,17,19-20H,9-10H2,1-4H3,(H,30,34)(H,31,35)(H,32,37)/t13-,17-,19-,20+/m0/s1. The molecule has 3 N–H and O–H groups in total. The fourth-order valence-corrected chi connectivity index (χ4v) is 4.50. The molecule has 0 unspecified atom stereocenters. The van der Waals surface area contributed by atoms with Crippen LogP contribution in [0.5, 0.6) is 0 Å². The van der Waals surface area contributed by atoms with Gasteiger partial charge < -0.3 is 20.5 Å². The van der Waals surface area contributed by atoms with Gasteiger partial charge in [-0.15, -0.1) is 0 Å². The van der Waals surface area contributed by atoms with E-state index < -0.39 is 53.0 Å². The summed E-state index contributed by atoms with van der Waals surface area (Å²) in [4.78, 5) is 54.4. The molecule has 37 heavy (non-hydrogen) atoms. The minimum absolute atomic E-state index is 0.0811. The van der Waals surface area contributed by atoms with Gasteiger partial charge in [0.1, 0.15) is 18.1 Å². The highest BCUT2D eigenvalue weighted by atomic mass is 19.4. The molecule has 198 valence electrons. The summed E-state index contributed by atoms with van der Waals surface area (Å²) in [7, 11) is 0. The maximum absolute atomic E-state index is 13.4. The summed E-state index contributed by atoms with van der Waals surface area (Å²) in [5.74, 6) is -4.15. The molecule has 2 heterocycles. The highest BCUT2D eigenvalue weighted by Crippen LogP contribution is 2.30. The number of nitriles is 1. The number of H-pyrrole nitrogens is 1. The maximum atomic E-state index is 13.4. The fraction of sp³-hybridized carbons (Fsp3) is 0.480. The lowest BCUT2D eigenvalue weighted by atomic mass is 9.85. The molecule has 0 saturated carbocycles. The van der Waals surface area contributed by atoms with Crippen molar-refractivity contribution in [3.8, 4) is 6.07 Å². The van der Waals surface area contributed by atoms with Crippen LogP contribution < -0.4 is 16.2 Å². The fourth-order valence-electron chi connectivity index (χ4n) is 4.50. The minimum Gasteiger partial charge on any atom is -0.336 e. The van der Waals surface area contributed by atoms with E-state index in [-0.39, 0.29) is 18.0 Å². The molecular weight excluding hydrogens is 491 g/mol. The zero-order chi connectivity index (χ0) is 27.7. The molecule has 1 aliphatic rings. The van der Waals surface area contributed by atoms with Crippen molar-refractivity contribution in [1.82, 2.24) is 20.5 Å². The first-order chi connectivity index (χ1) is 17.1. The van der Waals surface area contributed by atoms with Crippen LogP contribution in [0.2, 0.25) is 0 Å². The lowest BCUT2D eigenvalue weighted by Gasteiger charge is -2.36. The molecule has 1 fully saturated rings. The predicted octanol–water partition coefficient (Wildman–Crippen LogP) is 2.54. The quantitative estimate of drug-likeness (QED) is 0.558. The number of benzene rings is 1. The van der Waals surface area contributed by atoms with E-state index in [4.69, 9.17) is 0 Å². The lowest BCUT2D eigenvalue weighted by molar-refractivity contribution is -0.176. The van der Waals surface area contributed by atoms with E-state index in [0.717, 1.165) is 4.90 Å². The van der Waals surface area contributed by atoms with Crippen molar-refractivity contribution in [3.05, 3.63) is 46.2 Å². The Kier molecular flexibility index (Phi) is 7.67. The Morgan fingerprint density at radius 2 is 1.81 bits per heavy atom. The molecule has 9 nitrogen and oxygen atoms in total. The van der Waals surface area contributed by atoms with Gasteiger partial charge >= 0.3 is 12.1 Å². The average molecular weight is 520 g/mol. The van der Waals surface area contributed by atoms with Gasteiger partial charge in [0.25, 0.3) is 0 Å². The van der Waals surface area contributed by atoms with Crippen molar-refractivity contribution in [2.24, 2.45) is 11.3 Å². The number of alkyl halides is 3. The Hall–Kier alpha value is -3.88. The van der Waals surface area contributed by atoms with Crippen LogP contribution in [0.3, 0.4) is 0 Å². The van der Waals surface area contributed by atoms with Crippen LogP contribution in [-0.2, 0) is 14.4 Å². The molecule has 3 rings (SSSR count). The van der Waals surface area contributed by atoms with Gasteiger partial charge in [-0.1, -0.05) is 45.9 Å².